The second kappa shape index (κ2) is 9.99. The van der Waals surface area contributed by atoms with Gasteiger partial charge in [0.15, 0.2) is 5.97 Å². The number of amides is 1. The van der Waals surface area contributed by atoms with Crippen molar-refractivity contribution in [1.82, 2.24) is 4.98 Å². The largest absolute Gasteiger partial charge is 0.539 e. The Hall–Kier alpha value is -2.82. The molecule has 3 aromatic rings. The number of aliphatic carboxylic acids is 2. The van der Waals surface area contributed by atoms with Crippen molar-refractivity contribution < 1.29 is 29.5 Å². The number of carboxylic acids is 2. The van der Waals surface area contributed by atoms with E-state index in [0.717, 1.165) is 40.6 Å². The molecule has 1 aromatic carbocycles. The van der Waals surface area contributed by atoms with Crippen LogP contribution >= 0.6 is 22.7 Å². The van der Waals surface area contributed by atoms with Gasteiger partial charge in [-0.3, -0.25) is 4.79 Å². The maximum atomic E-state index is 11.7. The molecule has 0 saturated heterocycles. The average molecular weight is 462 g/mol. The molecule has 0 fully saturated rings. The van der Waals surface area contributed by atoms with Crippen molar-refractivity contribution in [1.29, 1.82) is 0 Å². The number of fused-ring (bicyclic) bond motifs is 2. The first-order chi connectivity index (χ1) is 14.8. The number of quaternary nitrogens is 1. The summed E-state index contributed by atoms with van der Waals surface area (Å²) in [6, 6.07) is 8.25. The van der Waals surface area contributed by atoms with Crippen LogP contribution in [0.25, 0.3) is 20.8 Å². The highest BCUT2D eigenvalue weighted by Gasteiger charge is 2.27. The molecule has 3 N–H and O–H groups in total. The third-order valence-corrected chi connectivity index (χ3v) is 7.13. The molecule has 10 heteroatoms. The summed E-state index contributed by atoms with van der Waals surface area (Å²) in [5, 5.41) is 21.4. The summed E-state index contributed by atoms with van der Waals surface area (Å²) < 4.78 is 1.20. The van der Waals surface area contributed by atoms with E-state index in [2.05, 4.69) is 30.4 Å². The van der Waals surface area contributed by atoms with Crippen LogP contribution in [0.4, 0.5) is 5.00 Å². The van der Waals surface area contributed by atoms with Crippen molar-refractivity contribution in [3.05, 3.63) is 34.7 Å². The highest BCUT2D eigenvalue weighted by molar-refractivity contribution is 7.22. The van der Waals surface area contributed by atoms with Crippen LogP contribution < -0.4 is 15.3 Å². The van der Waals surface area contributed by atoms with Gasteiger partial charge in [0.2, 0.25) is 5.91 Å². The maximum absolute atomic E-state index is 11.7. The number of carbonyl (C=O) groups is 3. The molecule has 0 aliphatic carbocycles. The Bertz CT molecular complexity index is 1080. The molecule has 1 aliphatic rings. The summed E-state index contributed by atoms with van der Waals surface area (Å²) in [5.41, 5.74) is 3.59. The Labute approximate surface area is 187 Å². The zero-order valence-corrected chi connectivity index (χ0v) is 18.8. The molecule has 0 spiro atoms. The number of para-hydroxylation sites is 1. The van der Waals surface area contributed by atoms with Crippen LogP contribution in [0, 0.1) is 0 Å². The van der Waals surface area contributed by atoms with Gasteiger partial charge in [0.1, 0.15) is 16.6 Å². The summed E-state index contributed by atoms with van der Waals surface area (Å²) in [6.07, 6.45) is 2.25. The van der Waals surface area contributed by atoms with Crippen LogP contribution in [0.1, 0.15) is 30.7 Å². The molecular formula is C21H23N3O5S2. The highest BCUT2D eigenvalue weighted by Crippen LogP contribution is 2.44. The average Bonchev–Trinajstić information content (AvgIpc) is 3.21. The van der Waals surface area contributed by atoms with Crippen LogP contribution in [0.2, 0.25) is 0 Å². The van der Waals surface area contributed by atoms with Gasteiger partial charge >= 0.3 is 5.97 Å². The number of thiophene rings is 1. The molecule has 2 aromatic heterocycles. The Morgan fingerprint density at radius 3 is 2.58 bits per heavy atom. The number of hydrogen-bond acceptors (Lipinski definition) is 7. The van der Waals surface area contributed by atoms with Crippen LogP contribution in [0.5, 0.6) is 0 Å². The zero-order chi connectivity index (χ0) is 22.5. The molecular weight excluding hydrogens is 438 g/mol. The van der Waals surface area contributed by atoms with E-state index in [9.17, 15) is 4.79 Å². The van der Waals surface area contributed by atoms with Crippen molar-refractivity contribution in [2.24, 2.45) is 0 Å². The quantitative estimate of drug-likeness (QED) is 0.503. The number of nitrogens with one attached hydrogen (secondary N) is 2. The molecule has 1 unspecified atom stereocenters. The topological polar surface area (TPSA) is 124 Å². The fourth-order valence-corrected chi connectivity index (χ4v) is 5.98. The number of thiazole rings is 1. The van der Waals surface area contributed by atoms with Gasteiger partial charge in [-0.25, -0.2) is 9.78 Å². The van der Waals surface area contributed by atoms with Crippen LogP contribution in [-0.4, -0.2) is 41.0 Å². The lowest BCUT2D eigenvalue weighted by atomic mass is 10.1. The van der Waals surface area contributed by atoms with Gasteiger partial charge in [0.25, 0.3) is 0 Å². The molecule has 3 heterocycles. The normalized spacial score (nSPS) is 15.4. The molecule has 0 bridgehead atoms. The Morgan fingerprint density at radius 2 is 1.97 bits per heavy atom. The number of benzene rings is 1. The van der Waals surface area contributed by atoms with Gasteiger partial charge in [0, 0.05) is 18.9 Å². The minimum atomic E-state index is -2.07. The second-order valence-electron chi connectivity index (χ2n) is 7.10. The lowest BCUT2D eigenvalue weighted by Crippen LogP contribution is -3.10. The number of carboxylic acid groups (broad SMARTS) is 2. The Morgan fingerprint density at radius 1 is 1.26 bits per heavy atom. The summed E-state index contributed by atoms with van der Waals surface area (Å²) in [5.74, 6) is -4.02. The molecule has 4 rings (SSSR count). The van der Waals surface area contributed by atoms with Crippen LogP contribution in [0.15, 0.2) is 24.3 Å². The minimum Gasteiger partial charge on any atom is -0.539 e. The van der Waals surface area contributed by atoms with E-state index in [4.69, 9.17) is 24.8 Å². The number of rotatable bonds is 3. The Balaban J connectivity index is 0.000000401. The van der Waals surface area contributed by atoms with E-state index in [1.54, 1.807) is 34.5 Å². The number of anilines is 1. The fraction of sp³-hybridized carbons (Fsp3) is 0.333. The summed E-state index contributed by atoms with van der Waals surface area (Å²) in [6.45, 7) is 7.23. The molecule has 164 valence electrons. The summed E-state index contributed by atoms with van der Waals surface area (Å²) >= 11 is 3.46. The number of carbonyl (C=O) groups excluding carboxylic acids is 2. The first-order valence-corrected chi connectivity index (χ1v) is 11.5. The van der Waals surface area contributed by atoms with E-state index in [-0.39, 0.29) is 5.91 Å². The van der Waals surface area contributed by atoms with Gasteiger partial charge in [-0.2, -0.15) is 0 Å². The molecule has 0 saturated carbocycles. The van der Waals surface area contributed by atoms with Crippen LogP contribution in [-0.2, 0) is 27.3 Å². The zero-order valence-electron chi connectivity index (χ0n) is 17.2. The van der Waals surface area contributed by atoms with Crippen molar-refractivity contribution in [3.63, 3.8) is 0 Å². The SMILES string of the molecule is CC[NH+]1CCCc2c(sc(NC(C)=O)c2-c2nc3ccccc3s2)C1.O=C([O-])C(=O)O. The first-order valence-electron chi connectivity index (χ1n) is 9.86. The molecule has 0 radical (unpaired) electrons. The van der Waals surface area contributed by atoms with Gasteiger partial charge in [-0.05, 0) is 31.0 Å². The number of aromatic nitrogens is 1. The predicted octanol–water partition coefficient (Wildman–Crippen LogP) is 1.16. The van der Waals surface area contributed by atoms with E-state index in [0.29, 0.717) is 0 Å². The first kappa shape index (κ1) is 22.9. The fourth-order valence-electron chi connectivity index (χ4n) is 3.51. The van der Waals surface area contributed by atoms with Gasteiger partial charge in [0.05, 0.1) is 28.2 Å². The molecule has 31 heavy (non-hydrogen) atoms. The van der Waals surface area contributed by atoms with E-state index < -0.39 is 11.9 Å². The molecule has 8 nitrogen and oxygen atoms in total. The van der Waals surface area contributed by atoms with Gasteiger partial charge < -0.3 is 25.2 Å². The standard InChI is InChI=1S/C19H21N3OS2.C2H2O4/c1-3-22-10-6-7-13-16(11-22)25-18(20-12(2)23)17(13)19-21-14-8-4-5-9-15(14)24-19;3-1(4)2(5)6/h4-5,8-9H,3,6-7,10-11H2,1-2H3,(H,20,23);(H,3,4)(H,5,6). The number of nitrogens with zero attached hydrogens (tertiary/aromatic N) is 1. The van der Waals surface area contributed by atoms with Crippen molar-refractivity contribution in [3.8, 4) is 10.6 Å². The van der Waals surface area contributed by atoms with Gasteiger partial charge in [-0.15, -0.1) is 22.7 Å². The third-order valence-electron chi connectivity index (χ3n) is 4.93. The molecule has 1 aliphatic heterocycles. The lowest BCUT2D eigenvalue weighted by molar-refractivity contribution is -0.911. The summed E-state index contributed by atoms with van der Waals surface area (Å²) in [4.78, 5) is 37.7. The monoisotopic (exact) mass is 461 g/mol. The van der Waals surface area contributed by atoms with E-state index in [1.807, 2.05) is 6.07 Å². The number of hydrogen-bond donors (Lipinski definition) is 3. The maximum Gasteiger partial charge on any atom is 0.351 e. The second-order valence-corrected chi connectivity index (χ2v) is 9.24. The van der Waals surface area contributed by atoms with E-state index in [1.165, 1.54) is 28.1 Å². The smallest absolute Gasteiger partial charge is 0.351 e. The van der Waals surface area contributed by atoms with Crippen molar-refractivity contribution >= 4 is 55.7 Å². The van der Waals surface area contributed by atoms with Gasteiger partial charge in [-0.1, -0.05) is 12.1 Å². The predicted molar refractivity (Wildman–Crippen MR) is 118 cm³/mol. The van der Waals surface area contributed by atoms with Crippen molar-refractivity contribution in [2.45, 2.75) is 33.2 Å². The van der Waals surface area contributed by atoms with Crippen LogP contribution in [0.3, 0.4) is 0 Å². The minimum absolute atomic E-state index is 0.0153. The van der Waals surface area contributed by atoms with Crippen molar-refractivity contribution in [2.75, 3.05) is 18.4 Å². The lowest BCUT2D eigenvalue weighted by Gasteiger charge is -2.13. The highest BCUT2D eigenvalue weighted by atomic mass is 32.1. The third kappa shape index (κ3) is 5.46. The molecule has 1 amide bonds. The molecule has 1 atom stereocenters. The Kier molecular flexibility index (Phi) is 7.37. The summed E-state index contributed by atoms with van der Waals surface area (Å²) in [7, 11) is 0. The van der Waals surface area contributed by atoms with E-state index >= 15 is 0 Å².